The second-order valence-electron chi connectivity index (χ2n) is 4.87. The van der Waals surface area contributed by atoms with Crippen molar-refractivity contribution in [3.63, 3.8) is 0 Å². The Hall–Kier alpha value is -2.97. The number of halogens is 5. The molecule has 0 aliphatic carbocycles. The van der Waals surface area contributed by atoms with Crippen LogP contribution >= 0.6 is 0 Å². The molecule has 3 rings (SSSR count). The molecule has 25 heavy (non-hydrogen) atoms. The van der Waals surface area contributed by atoms with Gasteiger partial charge in [0.25, 0.3) is 5.89 Å². The fourth-order valence-corrected chi connectivity index (χ4v) is 2.12. The van der Waals surface area contributed by atoms with Gasteiger partial charge >= 0.3 is 12.8 Å². The summed E-state index contributed by atoms with van der Waals surface area (Å²) in [6.07, 6.45) is -4.52. The minimum atomic E-state index is -4.52. The predicted octanol–water partition coefficient (Wildman–Crippen LogP) is 5.02. The maximum absolute atomic E-state index is 12.8. The summed E-state index contributed by atoms with van der Waals surface area (Å²) in [6, 6.07) is 10.1. The largest absolute Gasteiger partial charge is 0.434 e. The number of hydrogen-bond acceptors (Lipinski definition) is 4. The lowest BCUT2D eigenvalue weighted by Gasteiger charge is -2.07. The van der Waals surface area contributed by atoms with E-state index in [0.717, 1.165) is 12.1 Å². The van der Waals surface area contributed by atoms with E-state index in [4.69, 9.17) is 4.42 Å². The van der Waals surface area contributed by atoms with Crippen LogP contribution in [0.3, 0.4) is 0 Å². The van der Waals surface area contributed by atoms with E-state index in [0.29, 0.717) is 0 Å². The van der Waals surface area contributed by atoms with Crippen LogP contribution in [-0.4, -0.2) is 16.8 Å². The molecule has 0 saturated carbocycles. The third-order valence-electron chi connectivity index (χ3n) is 3.20. The number of ether oxygens (including phenoxy) is 1. The van der Waals surface area contributed by atoms with E-state index in [9.17, 15) is 22.0 Å². The summed E-state index contributed by atoms with van der Waals surface area (Å²) in [4.78, 5) is 0. The van der Waals surface area contributed by atoms with Gasteiger partial charge in [-0.15, -0.1) is 10.2 Å². The van der Waals surface area contributed by atoms with Gasteiger partial charge in [-0.2, -0.15) is 22.0 Å². The molecule has 0 bridgehead atoms. The Balaban J connectivity index is 1.97. The summed E-state index contributed by atoms with van der Waals surface area (Å²) in [5, 5.41) is 7.38. The van der Waals surface area contributed by atoms with Gasteiger partial charge in [-0.25, -0.2) is 0 Å². The molecule has 0 radical (unpaired) electrons. The van der Waals surface area contributed by atoms with E-state index in [1.54, 1.807) is 6.07 Å². The van der Waals surface area contributed by atoms with Crippen LogP contribution in [0.5, 0.6) is 5.75 Å². The third-order valence-corrected chi connectivity index (χ3v) is 3.20. The summed E-state index contributed by atoms with van der Waals surface area (Å²) in [6.45, 7) is -3.05. The molecule has 0 saturated heterocycles. The molecule has 0 atom stereocenters. The standard InChI is InChI=1S/C16H9F5N2O2/c17-15(18)24-12-7-2-1-6-11(12)14-23-22-13(25-14)9-4-3-5-10(8-9)16(19,20)21/h1-8,15H. The van der Waals surface area contributed by atoms with Crippen molar-refractivity contribution in [1.29, 1.82) is 0 Å². The van der Waals surface area contributed by atoms with Gasteiger partial charge in [0.1, 0.15) is 5.75 Å². The molecular formula is C16H9F5N2O2. The van der Waals surface area contributed by atoms with Crippen LogP contribution in [0.25, 0.3) is 22.9 Å². The fraction of sp³-hybridized carbons (Fsp3) is 0.125. The molecule has 0 fully saturated rings. The molecular weight excluding hydrogens is 347 g/mol. The zero-order valence-corrected chi connectivity index (χ0v) is 12.3. The summed E-state index contributed by atoms with van der Waals surface area (Å²) in [5.41, 5.74) is -0.708. The predicted molar refractivity (Wildman–Crippen MR) is 76.8 cm³/mol. The van der Waals surface area contributed by atoms with Gasteiger partial charge in [-0.3, -0.25) is 0 Å². The monoisotopic (exact) mass is 356 g/mol. The maximum Gasteiger partial charge on any atom is 0.416 e. The SMILES string of the molecule is FC(F)Oc1ccccc1-c1nnc(-c2cccc(C(F)(F)F)c2)o1. The molecule has 1 heterocycles. The topological polar surface area (TPSA) is 48.2 Å². The van der Waals surface area contributed by atoms with Crippen LogP contribution in [0.1, 0.15) is 5.56 Å². The van der Waals surface area contributed by atoms with Crippen LogP contribution in [-0.2, 0) is 6.18 Å². The Morgan fingerprint density at radius 3 is 2.36 bits per heavy atom. The highest BCUT2D eigenvalue weighted by atomic mass is 19.4. The van der Waals surface area contributed by atoms with Crippen molar-refractivity contribution < 1.29 is 31.1 Å². The van der Waals surface area contributed by atoms with Crippen molar-refractivity contribution in [2.75, 3.05) is 0 Å². The van der Waals surface area contributed by atoms with E-state index in [1.165, 1.54) is 30.3 Å². The Labute approximate surface area is 137 Å². The van der Waals surface area contributed by atoms with Crippen molar-refractivity contribution in [3.05, 3.63) is 54.1 Å². The van der Waals surface area contributed by atoms with Gasteiger partial charge in [0.2, 0.25) is 5.89 Å². The highest BCUT2D eigenvalue weighted by molar-refractivity contribution is 5.64. The lowest BCUT2D eigenvalue weighted by molar-refractivity contribution is -0.137. The molecule has 0 aliphatic heterocycles. The second kappa shape index (κ2) is 6.50. The third kappa shape index (κ3) is 3.76. The summed E-state index contributed by atoms with van der Waals surface area (Å²) in [5.74, 6) is -0.506. The number of hydrogen-bond donors (Lipinski definition) is 0. The Bertz CT molecular complexity index is 877. The van der Waals surface area contributed by atoms with Gasteiger partial charge in [0.05, 0.1) is 11.1 Å². The van der Waals surface area contributed by atoms with Crippen LogP contribution in [0, 0.1) is 0 Å². The average Bonchev–Trinajstić information content (AvgIpc) is 3.04. The highest BCUT2D eigenvalue weighted by Crippen LogP contribution is 2.34. The second-order valence-corrected chi connectivity index (χ2v) is 4.87. The molecule has 0 unspecified atom stereocenters. The molecule has 9 heteroatoms. The van der Waals surface area contributed by atoms with Crippen molar-refractivity contribution in [1.82, 2.24) is 10.2 Å². The first-order valence-corrected chi connectivity index (χ1v) is 6.90. The number of nitrogens with zero attached hydrogens (tertiary/aromatic N) is 2. The molecule has 0 amide bonds. The average molecular weight is 356 g/mol. The van der Waals surface area contributed by atoms with Crippen LogP contribution < -0.4 is 4.74 Å². The maximum atomic E-state index is 12.8. The molecule has 1 aromatic heterocycles. The van der Waals surface area contributed by atoms with Crippen molar-refractivity contribution in [2.45, 2.75) is 12.8 Å². The Morgan fingerprint density at radius 1 is 0.920 bits per heavy atom. The highest BCUT2D eigenvalue weighted by Gasteiger charge is 2.31. The quantitative estimate of drug-likeness (QED) is 0.616. The molecule has 130 valence electrons. The van der Waals surface area contributed by atoms with Crippen LogP contribution in [0.15, 0.2) is 52.9 Å². The van der Waals surface area contributed by atoms with E-state index in [1.807, 2.05) is 0 Å². The number of benzene rings is 2. The number of aromatic nitrogens is 2. The molecule has 0 aliphatic rings. The van der Waals surface area contributed by atoms with Gasteiger partial charge in [0.15, 0.2) is 0 Å². The van der Waals surface area contributed by atoms with Crippen LogP contribution in [0.4, 0.5) is 22.0 Å². The van der Waals surface area contributed by atoms with Gasteiger partial charge in [-0.05, 0) is 30.3 Å². The van der Waals surface area contributed by atoms with Crippen molar-refractivity contribution >= 4 is 0 Å². The number of rotatable bonds is 4. The Morgan fingerprint density at radius 2 is 1.64 bits per heavy atom. The van der Waals surface area contributed by atoms with Crippen molar-refractivity contribution in [2.24, 2.45) is 0 Å². The van der Waals surface area contributed by atoms with Gasteiger partial charge < -0.3 is 9.15 Å². The first-order valence-electron chi connectivity index (χ1n) is 6.90. The lowest BCUT2D eigenvalue weighted by Crippen LogP contribution is -2.04. The molecule has 0 N–H and O–H groups in total. The number of para-hydroxylation sites is 1. The smallest absolute Gasteiger partial charge is 0.416 e. The Kier molecular flexibility index (Phi) is 4.39. The first-order chi connectivity index (χ1) is 11.8. The molecule has 4 nitrogen and oxygen atoms in total. The van der Waals surface area contributed by atoms with Gasteiger partial charge in [0, 0.05) is 5.56 Å². The minimum Gasteiger partial charge on any atom is -0.434 e. The number of alkyl halides is 5. The van der Waals surface area contributed by atoms with E-state index >= 15 is 0 Å². The molecule has 3 aromatic rings. The van der Waals surface area contributed by atoms with E-state index in [2.05, 4.69) is 14.9 Å². The lowest BCUT2D eigenvalue weighted by atomic mass is 10.1. The first kappa shape index (κ1) is 16.9. The van der Waals surface area contributed by atoms with Gasteiger partial charge in [-0.1, -0.05) is 18.2 Å². The summed E-state index contributed by atoms with van der Waals surface area (Å²) in [7, 11) is 0. The summed E-state index contributed by atoms with van der Waals surface area (Å²) >= 11 is 0. The molecule has 0 spiro atoms. The normalized spacial score (nSPS) is 11.8. The zero-order chi connectivity index (χ0) is 18.0. The summed E-state index contributed by atoms with van der Waals surface area (Å²) < 4.78 is 72.9. The molecule has 2 aromatic carbocycles. The van der Waals surface area contributed by atoms with E-state index in [-0.39, 0.29) is 28.7 Å². The fourth-order valence-electron chi connectivity index (χ4n) is 2.12. The zero-order valence-electron chi connectivity index (χ0n) is 12.3. The van der Waals surface area contributed by atoms with E-state index < -0.39 is 18.4 Å². The van der Waals surface area contributed by atoms with Crippen molar-refractivity contribution in [3.8, 4) is 28.7 Å². The van der Waals surface area contributed by atoms with Crippen LogP contribution in [0.2, 0.25) is 0 Å². The minimum absolute atomic E-state index is 0.0563.